The number of rotatable bonds is 12. The van der Waals surface area contributed by atoms with Crippen LogP contribution in [0.5, 0.6) is 0 Å². The zero-order valence-electron chi connectivity index (χ0n) is 16.8. The minimum absolute atomic E-state index is 0.0186. The molecule has 0 saturated carbocycles. The van der Waals surface area contributed by atoms with Crippen molar-refractivity contribution < 1.29 is 41.6 Å². The molecule has 1 heterocycles. The molecular formula is C15H31NO9P2. The summed E-state index contributed by atoms with van der Waals surface area (Å²) in [6.07, 6.45) is -0.295. The molecule has 27 heavy (non-hydrogen) atoms. The third-order valence-corrected chi connectivity index (χ3v) is 8.79. The summed E-state index contributed by atoms with van der Waals surface area (Å²) >= 11 is 0. The molecule has 1 fully saturated rings. The van der Waals surface area contributed by atoms with E-state index in [0.29, 0.717) is 0 Å². The summed E-state index contributed by atoms with van der Waals surface area (Å²) in [6.45, 7) is 8.51. The molecule has 1 aliphatic heterocycles. The maximum absolute atomic E-state index is 13.5. The second kappa shape index (κ2) is 10.5. The van der Waals surface area contributed by atoms with Gasteiger partial charge in [-0.2, -0.15) is 5.06 Å². The van der Waals surface area contributed by atoms with Crippen LogP contribution in [0.15, 0.2) is 0 Å². The predicted octanol–water partition coefficient (Wildman–Crippen LogP) is 3.37. The topological polar surface area (TPSA) is 110 Å². The second-order valence-electron chi connectivity index (χ2n) is 5.54. The van der Waals surface area contributed by atoms with Crippen molar-refractivity contribution in [1.82, 2.24) is 5.06 Å². The SMILES string of the molecule is CCOC(=O)[C@@]1(P(=O)(OCC)OCC)C[C@@H](P(=O)(OCC)OCC)N(C)O1. The Bertz CT molecular complexity index is 568. The third kappa shape index (κ3) is 5.00. The predicted molar refractivity (Wildman–Crippen MR) is 98.3 cm³/mol. The number of carbonyl (C=O) groups excluding carboxylic acids is 1. The second-order valence-corrected chi connectivity index (χ2v) is 9.96. The minimum atomic E-state index is -4.14. The van der Waals surface area contributed by atoms with Crippen LogP contribution >= 0.6 is 15.2 Å². The Morgan fingerprint density at radius 3 is 1.85 bits per heavy atom. The first kappa shape index (κ1) is 24.7. The molecule has 0 aromatic carbocycles. The smallest absolute Gasteiger partial charge is 0.376 e. The standard InChI is InChI=1S/C15H31NO9P2/c1-7-20-14(17)15(27(19,23-10-4)24-11-5)12-13(16(6)25-15)26(18,21-8-2)22-9-3/h13H,7-12H2,1-6H3/t13-,15+/m1/s1. The normalized spacial score (nSPS) is 24.3. The Balaban J connectivity index is 3.44. The Labute approximate surface area is 160 Å². The van der Waals surface area contributed by atoms with Crippen LogP contribution < -0.4 is 0 Å². The van der Waals surface area contributed by atoms with Crippen molar-refractivity contribution in [3.05, 3.63) is 0 Å². The van der Waals surface area contributed by atoms with Crippen LogP contribution in [0.3, 0.4) is 0 Å². The number of ether oxygens (including phenoxy) is 1. The molecule has 1 rings (SSSR count). The number of carbonyl (C=O) groups is 1. The van der Waals surface area contributed by atoms with Crippen LogP contribution in [0.4, 0.5) is 0 Å². The third-order valence-electron chi connectivity index (χ3n) is 3.79. The first-order valence-electron chi connectivity index (χ1n) is 9.07. The van der Waals surface area contributed by atoms with Crippen LogP contribution in [-0.4, -0.2) is 62.2 Å². The molecule has 0 amide bonds. The van der Waals surface area contributed by atoms with Gasteiger partial charge in [0.25, 0.3) is 5.34 Å². The van der Waals surface area contributed by atoms with E-state index in [2.05, 4.69) is 0 Å². The molecule has 1 aliphatic rings. The number of hydrogen-bond acceptors (Lipinski definition) is 10. The molecule has 0 spiro atoms. The van der Waals surface area contributed by atoms with E-state index in [-0.39, 0.29) is 39.5 Å². The van der Waals surface area contributed by atoms with E-state index in [0.717, 1.165) is 5.06 Å². The molecular weight excluding hydrogens is 400 g/mol. The van der Waals surface area contributed by atoms with Gasteiger partial charge < -0.3 is 22.8 Å². The molecule has 0 bridgehead atoms. The van der Waals surface area contributed by atoms with Crippen molar-refractivity contribution in [2.24, 2.45) is 0 Å². The van der Waals surface area contributed by atoms with Crippen molar-refractivity contribution in [1.29, 1.82) is 0 Å². The minimum Gasteiger partial charge on any atom is -0.463 e. The van der Waals surface area contributed by atoms with Crippen LogP contribution in [0.2, 0.25) is 0 Å². The molecule has 160 valence electrons. The zero-order chi connectivity index (χ0) is 20.7. The Hall–Kier alpha value is -0.310. The average Bonchev–Trinajstić information content (AvgIpc) is 2.96. The number of nitrogens with zero attached hydrogens (tertiary/aromatic N) is 1. The van der Waals surface area contributed by atoms with E-state index < -0.39 is 32.3 Å². The molecule has 10 nitrogen and oxygen atoms in total. The quantitative estimate of drug-likeness (QED) is 0.337. The highest BCUT2D eigenvalue weighted by Crippen LogP contribution is 2.69. The van der Waals surface area contributed by atoms with Gasteiger partial charge in [-0.1, -0.05) is 0 Å². The summed E-state index contributed by atoms with van der Waals surface area (Å²) in [4.78, 5) is 18.5. The van der Waals surface area contributed by atoms with Gasteiger partial charge in [0.1, 0.15) is 5.78 Å². The zero-order valence-corrected chi connectivity index (χ0v) is 18.6. The lowest BCUT2D eigenvalue weighted by Gasteiger charge is -2.32. The Kier molecular flexibility index (Phi) is 9.58. The Morgan fingerprint density at radius 2 is 1.44 bits per heavy atom. The van der Waals surface area contributed by atoms with Crippen molar-refractivity contribution in [2.45, 2.75) is 52.2 Å². The highest BCUT2D eigenvalue weighted by molar-refractivity contribution is 7.57. The van der Waals surface area contributed by atoms with Crippen molar-refractivity contribution >= 4 is 21.2 Å². The van der Waals surface area contributed by atoms with E-state index in [1.54, 1.807) is 34.6 Å². The van der Waals surface area contributed by atoms with Crippen LogP contribution in [0.1, 0.15) is 41.0 Å². The lowest BCUT2D eigenvalue weighted by atomic mass is 10.2. The summed E-state index contributed by atoms with van der Waals surface area (Å²) < 4.78 is 53.4. The van der Waals surface area contributed by atoms with E-state index >= 15 is 0 Å². The first-order chi connectivity index (χ1) is 12.7. The highest BCUT2D eigenvalue weighted by Gasteiger charge is 2.68. The molecule has 2 atom stereocenters. The molecule has 1 saturated heterocycles. The van der Waals surface area contributed by atoms with Gasteiger partial charge in [0.05, 0.1) is 33.0 Å². The summed E-state index contributed by atoms with van der Waals surface area (Å²) in [5.41, 5.74) is 0. The van der Waals surface area contributed by atoms with Gasteiger partial charge in [-0.3, -0.25) is 14.0 Å². The van der Waals surface area contributed by atoms with E-state index in [1.807, 2.05) is 0 Å². The maximum atomic E-state index is 13.5. The maximum Gasteiger partial charge on any atom is 0.376 e. The molecule has 0 aromatic rings. The number of esters is 1. The molecule has 0 N–H and O–H groups in total. The molecule has 0 unspecified atom stereocenters. The van der Waals surface area contributed by atoms with Gasteiger partial charge in [0.2, 0.25) is 0 Å². The van der Waals surface area contributed by atoms with Crippen molar-refractivity contribution in [3.8, 4) is 0 Å². The van der Waals surface area contributed by atoms with Gasteiger partial charge in [-0.25, -0.2) is 4.79 Å². The van der Waals surface area contributed by atoms with E-state index in [9.17, 15) is 13.9 Å². The van der Waals surface area contributed by atoms with Gasteiger partial charge in [-0.15, -0.1) is 0 Å². The van der Waals surface area contributed by atoms with Gasteiger partial charge >= 0.3 is 21.2 Å². The summed E-state index contributed by atoms with van der Waals surface area (Å²) in [7, 11) is -6.39. The summed E-state index contributed by atoms with van der Waals surface area (Å²) in [5.74, 6) is -1.90. The number of hydroxylamine groups is 2. The monoisotopic (exact) mass is 431 g/mol. The fourth-order valence-electron chi connectivity index (χ4n) is 2.82. The van der Waals surface area contributed by atoms with E-state index in [1.165, 1.54) is 7.05 Å². The highest BCUT2D eigenvalue weighted by atomic mass is 31.2. The lowest BCUT2D eigenvalue weighted by Crippen LogP contribution is -2.42. The Morgan fingerprint density at radius 1 is 0.963 bits per heavy atom. The fraction of sp³-hybridized carbons (Fsp3) is 0.933. The van der Waals surface area contributed by atoms with E-state index in [4.69, 9.17) is 27.7 Å². The van der Waals surface area contributed by atoms with Gasteiger partial charge in [0.15, 0.2) is 0 Å². The largest absolute Gasteiger partial charge is 0.463 e. The summed E-state index contributed by atoms with van der Waals surface area (Å²) in [5, 5.41) is -0.938. The number of hydrogen-bond donors (Lipinski definition) is 0. The molecule has 0 radical (unpaired) electrons. The molecule has 0 aliphatic carbocycles. The van der Waals surface area contributed by atoms with Crippen LogP contribution in [-0.2, 0) is 41.6 Å². The first-order valence-corrected chi connectivity index (χ1v) is 12.2. The van der Waals surface area contributed by atoms with Crippen molar-refractivity contribution in [2.75, 3.05) is 40.1 Å². The van der Waals surface area contributed by atoms with Gasteiger partial charge in [-0.05, 0) is 34.6 Å². The van der Waals surface area contributed by atoms with Gasteiger partial charge in [0, 0.05) is 13.5 Å². The average molecular weight is 431 g/mol. The fourth-order valence-corrected chi connectivity index (χ4v) is 7.11. The van der Waals surface area contributed by atoms with Crippen molar-refractivity contribution in [3.63, 3.8) is 0 Å². The molecule has 0 aromatic heterocycles. The summed E-state index contributed by atoms with van der Waals surface area (Å²) in [6, 6.07) is 0. The van der Waals surface area contributed by atoms with Crippen LogP contribution in [0.25, 0.3) is 0 Å². The lowest BCUT2D eigenvalue weighted by molar-refractivity contribution is -0.193. The van der Waals surface area contributed by atoms with Crippen LogP contribution in [0, 0.1) is 0 Å². The molecule has 12 heteroatoms.